The van der Waals surface area contributed by atoms with E-state index >= 15 is 0 Å². The van der Waals surface area contributed by atoms with Gasteiger partial charge in [0, 0.05) is 6.42 Å². The van der Waals surface area contributed by atoms with Crippen LogP contribution in [0.1, 0.15) is 51.4 Å². The largest absolute Gasteiger partial charge is 0.505 e. The van der Waals surface area contributed by atoms with Crippen LogP contribution in [-0.2, 0) is 4.74 Å². The molecule has 20 heavy (non-hydrogen) atoms. The van der Waals surface area contributed by atoms with Crippen molar-refractivity contribution in [3.63, 3.8) is 0 Å². The van der Waals surface area contributed by atoms with Crippen molar-refractivity contribution >= 4 is 6.16 Å². The van der Waals surface area contributed by atoms with Gasteiger partial charge in [-0.2, -0.15) is 10.2 Å². The van der Waals surface area contributed by atoms with Gasteiger partial charge in [0.25, 0.3) is 0 Å². The van der Waals surface area contributed by atoms with Crippen molar-refractivity contribution in [1.82, 2.24) is 0 Å². The third-order valence-electron chi connectivity index (χ3n) is 4.37. The molecule has 1 saturated carbocycles. The van der Waals surface area contributed by atoms with Crippen LogP contribution in [0.25, 0.3) is 0 Å². The van der Waals surface area contributed by atoms with Gasteiger partial charge in [0.15, 0.2) is 0 Å². The van der Waals surface area contributed by atoms with E-state index in [1.165, 1.54) is 50.5 Å². The number of ether oxygens (including phenoxy) is 1. The molecule has 0 aromatic rings. The van der Waals surface area contributed by atoms with Gasteiger partial charge in [0.05, 0.1) is 19.0 Å². The second kappa shape index (κ2) is 7.22. The van der Waals surface area contributed by atoms with Crippen LogP contribution in [0.15, 0.2) is 34.3 Å². The molecule has 3 aliphatic rings. The molecule has 0 aromatic heterocycles. The lowest BCUT2D eigenvalue weighted by atomic mass is 9.69. The molecule has 0 atom stereocenters. The first-order chi connectivity index (χ1) is 9.73. The summed E-state index contributed by atoms with van der Waals surface area (Å²) >= 11 is 0. The molecule has 0 saturated heterocycles. The fraction of sp³-hybridized carbons (Fsp3) is 0.667. The molecule has 3 rings (SSSR count). The van der Waals surface area contributed by atoms with E-state index < -0.39 is 6.16 Å². The summed E-state index contributed by atoms with van der Waals surface area (Å²) in [5, 5.41) is 15.2. The maximum atomic E-state index is 10.3. The van der Waals surface area contributed by atoms with Crippen LogP contribution < -0.4 is 0 Å². The topological polar surface area (TPSA) is 71.2 Å². The number of carboxylic acid groups (broad SMARTS) is 1. The summed E-state index contributed by atoms with van der Waals surface area (Å²) in [4.78, 5) is 10.3. The molecule has 1 aliphatic heterocycles. The fourth-order valence-corrected chi connectivity index (χ4v) is 3.38. The zero-order valence-corrected chi connectivity index (χ0v) is 11.8. The van der Waals surface area contributed by atoms with Gasteiger partial charge < -0.3 is 9.84 Å². The average Bonchev–Trinajstić information content (AvgIpc) is 2.71. The van der Waals surface area contributed by atoms with E-state index in [9.17, 15) is 4.79 Å². The molecule has 1 N–H and O–H groups in total. The van der Waals surface area contributed by atoms with Crippen LogP contribution in [0.5, 0.6) is 0 Å². The number of rotatable bonds is 3. The lowest BCUT2D eigenvalue weighted by Crippen LogP contribution is -2.24. The van der Waals surface area contributed by atoms with Crippen molar-refractivity contribution < 1.29 is 14.6 Å². The first-order valence-electron chi connectivity index (χ1n) is 7.33. The zero-order chi connectivity index (χ0) is 14.3. The summed E-state index contributed by atoms with van der Waals surface area (Å²) in [6.45, 7) is 0.322. The van der Waals surface area contributed by atoms with Crippen LogP contribution in [0, 0.1) is 5.41 Å². The summed E-state index contributed by atoms with van der Waals surface area (Å²) in [5.41, 5.74) is 1.88. The summed E-state index contributed by atoms with van der Waals surface area (Å²) in [5.74, 6) is 0. The highest BCUT2D eigenvalue weighted by Crippen LogP contribution is 2.50. The molecule has 1 spiro atoms. The minimum atomic E-state index is -1.16. The van der Waals surface area contributed by atoms with Gasteiger partial charge in [0.1, 0.15) is 0 Å². The molecule has 0 aromatic carbocycles. The van der Waals surface area contributed by atoms with E-state index in [0.717, 1.165) is 6.42 Å². The predicted molar refractivity (Wildman–Crippen MR) is 75.4 cm³/mol. The van der Waals surface area contributed by atoms with Crippen LogP contribution >= 0.6 is 0 Å². The maximum Gasteiger partial charge on any atom is 0.505 e. The molecule has 5 heteroatoms. The van der Waals surface area contributed by atoms with Crippen molar-refractivity contribution in [2.45, 2.75) is 51.4 Å². The van der Waals surface area contributed by atoms with Gasteiger partial charge in [-0.05, 0) is 31.1 Å². The van der Waals surface area contributed by atoms with Crippen LogP contribution in [0.4, 0.5) is 4.79 Å². The zero-order valence-electron chi connectivity index (χ0n) is 11.8. The van der Waals surface area contributed by atoms with Crippen molar-refractivity contribution in [3.05, 3.63) is 24.0 Å². The van der Waals surface area contributed by atoms with E-state index in [-0.39, 0.29) is 0 Å². The van der Waals surface area contributed by atoms with E-state index in [0.29, 0.717) is 12.0 Å². The van der Waals surface area contributed by atoms with Gasteiger partial charge in [-0.15, -0.1) is 0 Å². The Morgan fingerprint density at radius 3 is 2.40 bits per heavy atom. The van der Waals surface area contributed by atoms with Gasteiger partial charge >= 0.3 is 6.16 Å². The Balaban J connectivity index is 0.000000315. The van der Waals surface area contributed by atoms with E-state index in [2.05, 4.69) is 21.0 Å². The Bertz CT molecular complexity index is 403. The van der Waals surface area contributed by atoms with Gasteiger partial charge in [-0.25, -0.2) is 4.79 Å². The average molecular weight is 278 g/mol. The summed E-state index contributed by atoms with van der Waals surface area (Å²) in [6.07, 6.45) is 14.3. The number of carbonyl (C=O) groups is 1. The number of nitrogens with zero attached hydrogens (tertiary/aromatic N) is 2. The normalized spacial score (nSPS) is 21.7. The summed E-state index contributed by atoms with van der Waals surface area (Å²) in [7, 11) is 0. The fourth-order valence-electron chi connectivity index (χ4n) is 3.38. The first kappa shape index (κ1) is 14.8. The molecule has 0 amide bonds. The monoisotopic (exact) mass is 278 g/mol. The van der Waals surface area contributed by atoms with Gasteiger partial charge in [0.2, 0.25) is 0 Å². The molecular formula is C15H22N2O3. The third kappa shape index (κ3) is 3.92. The van der Waals surface area contributed by atoms with Crippen molar-refractivity contribution in [2.75, 3.05) is 6.61 Å². The molecular weight excluding hydrogens is 256 g/mol. The molecule has 0 radical (unpaired) electrons. The van der Waals surface area contributed by atoms with Crippen molar-refractivity contribution in [2.24, 2.45) is 15.6 Å². The summed E-state index contributed by atoms with van der Waals surface area (Å²) < 4.78 is 4.61. The molecule has 0 bridgehead atoms. The summed E-state index contributed by atoms with van der Waals surface area (Å²) in [6, 6.07) is 0. The number of allylic oxidation sites excluding steroid dienone is 1. The highest BCUT2D eigenvalue weighted by atomic mass is 16.7. The second-order valence-corrected chi connectivity index (χ2v) is 5.50. The number of azo groups is 1. The highest BCUT2D eigenvalue weighted by molar-refractivity contribution is 5.56. The Morgan fingerprint density at radius 1 is 1.20 bits per heavy atom. The first-order valence-corrected chi connectivity index (χ1v) is 7.33. The number of hydrogen-bond acceptors (Lipinski definition) is 4. The minimum Gasteiger partial charge on any atom is -0.450 e. The van der Waals surface area contributed by atoms with Gasteiger partial charge in [-0.3, -0.25) is 0 Å². The molecule has 2 aliphatic carbocycles. The van der Waals surface area contributed by atoms with E-state index in [4.69, 9.17) is 5.11 Å². The Hall–Kier alpha value is -1.65. The predicted octanol–water partition coefficient (Wildman–Crippen LogP) is 4.67. The van der Waals surface area contributed by atoms with E-state index in [1.807, 2.05) is 0 Å². The van der Waals surface area contributed by atoms with Crippen LogP contribution in [-0.4, -0.2) is 17.9 Å². The Morgan fingerprint density at radius 2 is 1.85 bits per heavy atom. The molecule has 110 valence electrons. The van der Waals surface area contributed by atoms with Crippen LogP contribution in [0.2, 0.25) is 0 Å². The number of hydrogen-bond donors (Lipinski definition) is 1. The van der Waals surface area contributed by atoms with E-state index in [1.54, 1.807) is 12.4 Å². The lowest BCUT2D eigenvalue weighted by Gasteiger charge is -2.36. The standard InChI is InChI=1S/C13H20O3.C2H2N2/c14-12(15)16-10-6-11-5-4-9-13(11)7-2-1-3-8-13;1-2-4-3-1/h5H,1-4,6-10H2,(H,14,15);1-2H. The second-order valence-electron chi connectivity index (χ2n) is 5.50. The molecule has 5 nitrogen and oxygen atoms in total. The third-order valence-corrected chi connectivity index (χ3v) is 4.37. The lowest BCUT2D eigenvalue weighted by molar-refractivity contribution is 0.0903. The SMILES string of the molecule is C1=CN=N1.O=C(O)OCCC1=CCCC12CCCCC2. The van der Waals surface area contributed by atoms with Crippen LogP contribution in [0.3, 0.4) is 0 Å². The Labute approximate surface area is 119 Å². The smallest absolute Gasteiger partial charge is 0.450 e. The van der Waals surface area contributed by atoms with Crippen molar-refractivity contribution in [3.8, 4) is 0 Å². The molecule has 1 fully saturated rings. The maximum absolute atomic E-state index is 10.3. The Kier molecular flexibility index (Phi) is 5.32. The quantitative estimate of drug-likeness (QED) is 0.602. The van der Waals surface area contributed by atoms with Gasteiger partial charge in [-0.1, -0.05) is 30.9 Å². The molecule has 1 heterocycles. The molecule has 0 unspecified atom stereocenters. The minimum absolute atomic E-state index is 0.322. The van der Waals surface area contributed by atoms with Crippen molar-refractivity contribution in [1.29, 1.82) is 0 Å². The highest BCUT2D eigenvalue weighted by Gasteiger charge is 2.37.